The fourth-order valence-electron chi connectivity index (χ4n) is 4.72. The number of carbonyl (C=O) groups excluding carboxylic acids is 2. The zero-order chi connectivity index (χ0) is 24.5. The highest BCUT2D eigenvalue weighted by Crippen LogP contribution is 2.39. The van der Waals surface area contributed by atoms with Crippen molar-refractivity contribution in [3.05, 3.63) is 32.3 Å². The summed E-state index contributed by atoms with van der Waals surface area (Å²) in [4.78, 5) is 27.5. The number of fused-ring (bicyclic) bond motifs is 1. The maximum atomic E-state index is 12.9. The molecule has 0 bridgehead atoms. The van der Waals surface area contributed by atoms with Crippen LogP contribution in [0.15, 0.2) is 16.6 Å². The number of nitrogens with one attached hydrogen (secondary N) is 1. The van der Waals surface area contributed by atoms with Gasteiger partial charge in [0.25, 0.3) is 5.91 Å². The molecule has 4 heterocycles. The number of aryl methyl sites for hydroxylation is 1. The number of amides is 2. The molecular formula is C24H29N5O3S3. The number of aromatic nitrogens is 3. The molecule has 1 saturated heterocycles. The SMILES string of the molecule is Cc1cc(-c2nnc(SCC(=O)Nc3sc4c(c3C(N)=O)CCC(C)C4)n2CC2CCCO2)cs1. The van der Waals surface area contributed by atoms with Gasteiger partial charge in [-0.2, -0.15) is 0 Å². The summed E-state index contributed by atoms with van der Waals surface area (Å²) in [7, 11) is 0. The van der Waals surface area contributed by atoms with Gasteiger partial charge in [-0.25, -0.2) is 0 Å². The van der Waals surface area contributed by atoms with Gasteiger partial charge in [0.05, 0.1) is 24.0 Å². The zero-order valence-electron chi connectivity index (χ0n) is 19.8. The lowest BCUT2D eigenvalue weighted by atomic mass is 9.88. The van der Waals surface area contributed by atoms with E-state index in [1.165, 1.54) is 28.0 Å². The fraction of sp³-hybridized carbons (Fsp3) is 0.500. The Balaban J connectivity index is 1.32. The Morgan fingerprint density at radius 2 is 2.20 bits per heavy atom. The number of nitrogens with zero attached hydrogens (tertiary/aromatic N) is 3. The number of thioether (sulfide) groups is 1. The van der Waals surface area contributed by atoms with Gasteiger partial charge >= 0.3 is 0 Å². The Kier molecular flexibility index (Phi) is 7.29. The van der Waals surface area contributed by atoms with Gasteiger partial charge in [-0.1, -0.05) is 18.7 Å². The number of rotatable bonds is 8. The van der Waals surface area contributed by atoms with E-state index in [1.54, 1.807) is 11.3 Å². The third-order valence-electron chi connectivity index (χ3n) is 6.46. The predicted molar refractivity (Wildman–Crippen MR) is 140 cm³/mol. The summed E-state index contributed by atoms with van der Waals surface area (Å²) in [5, 5.41) is 15.1. The number of carbonyl (C=O) groups is 2. The first-order valence-corrected chi connectivity index (χ1v) is 14.5. The largest absolute Gasteiger partial charge is 0.376 e. The van der Waals surface area contributed by atoms with Crippen LogP contribution in [0.2, 0.25) is 0 Å². The number of thiophene rings is 2. The van der Waals surface area contributed by atoms with Crippen LogP contribution in [0.1, 0.15) is 51.9 Å². The first-order chi connectivity index (χ1) is 16.9. The van der Waals surface area contributed by atoms with E-state index in [0.29, 0.717) is 28.2 Å². The van der Waals surface area contributed by atoms with Crippen molar-refractivity contribution in [3.63, 3.8) is 0 Å². The Morgan fingerprint density at radius 1 is 1.34 bits per heavy atom. The maximum absolute atomic E-state index is 12.9. The molecule has 3 aromatic rings. The number of anilines is 1. The molecule has 5 rings (SSSR count). The van der Waals surface area contributed by atoms with Crippen LogP contribution in [-0.2, 0) is 28.9 Å². The third-order valence-corrected chi connectivity index (χ3v) is 9.46. The van der Waals surface area contributed by atoms with Gasteiger partial charge in [0.15, 0.2) is 11.0 Å². The molecule has 3 N–H and O–H groups in total. The molecule has 2 unspecified atom stereocenters. The molecule has 2 amide bonds. The minimum atomic E-state index is -0.480. The topological polar surface area (TPSA) is 112 Å². The molecule has 2 atom stereocenters. The van der Waals surface area contributed by atoms with Crippen molar-refractivity contribution < 1.29 is 14.3 Å². The molecule has 8 nitrogen and oxygen atoms in total. The summed E-state index contributed by atoms with van der Waals surface area (Å²) in [6.07, 6.45) is 4.95. The second-order valence-electron chi connectivity index (χ2n) is 9.25. The number of nitrogens with two attached hydrogens (primary N) is 1. The minimum absolute atomic E-state index is 0.121. The third kappa shape index (κ3) is 5.32. The van der Waals surface area contributed by atoms with E-state index in [-0.39, 0.29) is 17.8 Å². The van der Waals surface area contributed by atoms with Crippen molar-refractivity contribution in [1.82, 2.24) is 14.8 Å². The summed E-state index contributed by atoms with van der Waals surface area (Å²) in [5.41, 5.74) is 8.21. The summed E-state index contributed by atoms with van der Waals surface area (Å²) in [6.45, 7) is 5.71. The van der Waals surface area contributed by atoms with Crippen LogP contribution in [0.25, 0.3) is 11.4 Å². The highest BCUT2D eigenvalue weighted by atomic mass is 32.2. The molecule has 3 aromatic heterocycles. The molecular weight excluding hydrogens is 502 g/mol. The van der Waals surface area contributed by atoms with E-state index >= 15 is 0 Å². The summed E-state index contributed by atoms with van der Waals surface area (Å²) in [6, 6.07) is 2.10. The quantitative estimate of drug-likeness (QED) is 0.414. The Bertz CT molecular complexity index is 1240. The van der Waals surface area contributed by atoms with Crippen molar-refractivity contribution in [2.24, 2.45) is 11.7 Å². The van der Waals surface area contributed by atoms with E-state index in [9.17, 15) is 9.59 Å². The van der Waals surface area contributed by atoms with Gasteiger partial charge in [-0.15, -0.1) is 32.9 Å². The number of primary amides is 1. The number of ether oxygens (including phenoxy) is 1. The maximum Gasteiger partial charge on any atom is 0.251 e. The standard InChI is InChI=1S/C24H29N5O3S3/c1-13-5-6-17-18(8-13)35-23(20(17)21(25)31)26-19(30)12-34-24-28-27-22(15-9-14(2)33-11-15)29(24)10-16-4-3-7-32-16/h9,11,13,16H,3-8,10,12H2,1-2H3,(H2,25,31)(H,26,30). The molecule has 1 fully saturated rings. The van der Waals surface area contributed by atoms with E-state index < -0.39 is 5.91 Å². The zero-order valence-corrected chi connectivity index (χ0v) is 22.3. The second-order valence-corrected chi connectivity index (χ2v) is 12.4. The first-order valence-electron chi connectivity index (χ1n) is 11.9. The highest BCUT2D eigenvalue weighted by Gasteiger charge is 2.28. The second kappa shape index (κ2) is 10.4. The lowest BCUT2D eigenvalue weighted by molar-refractivity contribution is -0.113. The number of hydrogen-bond acceptors (Lipinski definition) is 8. The molecule has 2 aliphatic rings. The summed E-state index contributed by atoms with van der Waals surface area (Å²) >= 11 is 4.50. The van der Waals surface area contributed by atoms with Crippen LogP contribution in [-0.4, -0.2) is 45.0 Å². The molecule has 1 aliphatic heterocycles. The Hall–Kier alpha value is -2.21. The van der Waals surface area contributed by atoms with E-state index in [1.807, 2.05) is 0 Å². The highest BCUT2D eigenvalue weighted by molar-refractivity contribution is 7.99. The Labute approximate surface area is 216 Å². The first kappa shape index (κ1) is 24.5. The molecule has 0 radical (unpaired) electrons. The molecule has 0 saturated carbocycles. The molecule has 1 aliphatic carbocycles. The van der Waals surface area contributed by atoms with Crippen molar-refractivity contribution in [2.75, 3.05) is 17.7 Å². The summed E-state index contributed by atoms with van der Waals surface area (Å²) < 4.78 is 7.93. The normalized spacial score (nSPS) is 19.6. The smallest absolute Gasteiger partial charge is 0.251 e. The van der Waals surface area contributed by atoms with E-state index in [0.717, 1.165) is 60.5 Å². The lowest BCUT2D eigenvalue weighted by Crippen LogP contribution is -2.20. The summed E-state index contributed by atoms with van der Waals surface area (Å²) in [5.74, 6) is 0.848. The molecule has 35 heavy (non-hydrogen) atoms. The predicted octanol–water partition coefficient (Wildman–Crippen LogP) is 4.51. The van der Waals surface area contributed by atoms with Gasteiger partial charge in [0.2, 0.25) is 5.91 Å². The Morgan fingerprint density at radius 3 is 2.91 bits per heavy atom. The van der Waals surface area contributed by atoms with Gasteiger partial charge < -0.3 is 15.8 Å². The lowest BCUT2D eigenvalue weighted by Gasteiger charge is -2.18. The van der Waals surface area contributed by atoms with Crippen LogP contribution in [0.3, 0.4) is 0 Å². The van der Waals surface area contributed by atoms with E-state index in [4.69, 9.17) is 10.5 Å². The minimum Gasteiger partial charge on any atom is -0.376 e. The van der Waals surface area contributed by atoms with E-state index in [2.05, 4.69) is 45.4 Å². The fourth-order valence-corrected chi connectivity index (χ4v) is 7.58. The molecule has 0 aromatic carbocycles. The van der Waals surface area contributed by atoms with Crippen molar-refractivity contribution in [2.45, 2.75) is 63.8 Å². The number of hydrogen-bond donors (Lipinski definition) is 2. The van der Waals surface area contributed by atoms with Crippen LogP contribution in [0, 0.1) is 12.8 Å². The molecule has 186 valence electrons. The van der Waals surface area contributed by atoms with Crippen molar-refractivity contribution in [3.8, 4) is 11.4 Å². The van der Waals surface area contributed by atoms with Gasteiger partial charge in [-0.05, 0) is 56.6 Å². The van der Waals surface area contributed by atoms with Crippen LogP contribution < -0.4 is 11.1 Å². The van der Waals surface area contributed by atoms with Crippen molar-refractivity contribution in [1.29, 1.82) is 0 Å². The van der Waals surface area contributed by atoms with Crippen LogP contribution in [0.4, 0.5) is 5.00 Å². The van der Waals surface area contributed by atoms with Crippen LogP contribution >= 0.6 is 34.4 Å². The average molecular weight is 532 g/mol. The molecule has 0 spiro atoms. The van der Waals surface area contributed by atoms with Gasteiger partial charge in [0, 0.05) is 27.3 Å². The van der Waals surface area contributed by atoms with Crippen molar-refractivity contribution >= 4 is 51.3 Å². The monoisotopic (exact) mass is 531 g/mol. The molecule has 11 heteroatoms. The van der Waals surface area contributed by atoms with Gasteiger partial charge in [-0.3, -0.25) is 14.2 Å². The van der Waals surface area contributed by atoms with Crippen LogP contribution in [0.5, 0.6) is 0 Å². The average Bonchev–Trinajstić information content (AvgIpc) is 3.59. The van der Waals surface area contributed by atoms with Gasteiger partial charge in [0.1, 0.15) is 5.00 Å².